The number of benzene rings is 1. The zero-order chi connectivity index (χ0) is 12.8. The molecule has 0 aliphatic heterocycles. The van der Waals surface area contributed by atoms with Crippen molar-refractivity contribution >= 4 is 17.3 Å². The lowest BCUT2D eigenvalue weighted by atomic mass is 10.1. The zero-order valence-electron chi connectivity index (χ0n) is 10.0. The van der Waals surface area contributed by atoms with Gasteiger partial charge in [0.15, 0.2) is 5.58 Å². The molecule has 1 aromatic heterocycles. The van der Waals surface area contributed by atoms with Gasteiger partial charge >= 0.3 is 0 Å². The first-order valence-corrected chi connectivity index (χ1v) is 5.09. The first kappa shape index (κ1) is 13.2. The van der Waals surface area contributed by atoms with Crippen molar-refractivity contribution in [2.75, 3.05) is 14.2 Å². The summed E-state index contributed by atoms with van der Waals surface area (Å²) in [5.74, 6) is 0.462. The van der Waals surface area contributed by atoms with E-state index < -0.39 is 0 Å². The molecule has 0 saturated heterocycles. The maximum Gasteiger partial charge on any atom is 0.170 e. The summed E-state index contributed by atoms with van der Waals surface area (Å²) in [7, 11) is 2.59. The topological polar surface area (TPSA) is 72.6 Å². The summed E-state index contributed by atoms with van der Waals surface area (Å²) in [6.45, 7) is 1.79. The molecule has 0 aliphatic carbocycles. The van der Waals surface area contributed by atoms with Gasteiger partial charge < -0.3 is 19.2 Å². The highest BCUT2D eigenvalue weighted by atomic mass is 16.5. The number of hydrogen-bond acceptors (Lipinski definition) is 5. The molecule has 17 heavy (non-hydrogen) atoms. The minimum atomic E-state index is -0.250. The quantitative estimate of drug-likeness (QED) is 0.823. The second kappa shape index (κ2) is 6.00. The average Bonchev–Trinajstić information content (AvgIpc) is 2.82. The molecule has 2 aromatic rings. The molecule has 1 N–H and O–H groups in total. The van der Waals surface area contributed by atoms with Crippen LogP contribution in [0.2, 0.25) is 0 Å². The Balaban J connectivity index is 0.000000686. The highest BCUT2D eigenvalue weighted by Crippen LogP contribution is 2.27. The molecular formula is C12H15NO4. The number of fused-ring (bicyclic) bond motifs is 1. The molecule has 1 atom stereocenters. The van der Waals surface area contributed by atoms with Gasteiger partial charge in [-0.3, -0.25) is 0 Å². The number of aliphatic hydroxyl groups excluding tert-OH is 1. The molecular weight excluding hydrogens is 222 g/mol. The van der Waals surface area contributed by atoms with E-state index in [2.05, 4.69) is 5.16 Å². The van der Waals surface area contributed by atoms with Crippen molar-refractivity contribution in [3.8, 4) is 5.75 Å². The SMILES string of the molecule is CO.COc1ccc2c(C(C)C=O)noc2c1. The number of carbonyl (C=O) groups excluding carboxylic acids is 1. The van der Waals surface area contributed by atoms with Gasteiger partial charge in [0.2, 0.25) is 0 Å². The van der Waals surface area contributed by atoms with Crippen molar-refractivity contribution in [3.63, 3.8) is 0 Å². The molecule has 0 bridgehead atoms. The Bertz CT molecular complexity index is 492. The lowest BCUT2D eigenvalue weighted by Gasteiger charge is -1.99. The van der Waals surface area contributed by atoms with Crippen LogP contribution in [-0.2, 0) is 4.79 Å². The standard InChI is InChI=1S/C11H11NO3.CH4O/c1-7(6-13)11-9-4-3-8(14-2)5-10(9)15-12-11;1-2/h3-7H,1-2H3;2H,1H3. The first-order chi connectivity index (χ1) is 8.26. The van der Waals surface area contributed by atoms with E-state index in [4.69, 9.17) is 14.4 Å². The Labute approximate surface area is 99.0 Å². The van der Waals surface area contributed by atoms with Crippen LogP contribution in [0.5, 0.6) is 5.75 Å². The number of hydrogen-bond donors (Lipinski definition) is 1. The molecule has 92 valence electrons. The van der Waals surface area contributed by atoms with Gasteiger partial charge in [-0.1, -0.05) is 5.16 Å². The van der Waals surface area contributed by atoms with E-state index in [1.807, 2.05) is 12.1 Å². The van der Waals surface area contributed by atoms with Gasteiger partial charge in [-0.25, -0.2) is 0 Å². The van der Waals surface area contributed by atoms with Crippen LogP contribution in [0, 0.1) is 0 Å². The number of rotatable bonds is 3. The number of aromatic nitrogens is 1. The fourth-order valence-corrected chi connectivity index (χ4v) is 1.46. The maximum absolute atomic E-state index is 10.7. The van der Waals surface area contributed by atoms with Gasteiger partial charge in [-0.15, -0.1) is 0 Å². The van der Waals surface area contributed by atoms with Crippen LogP contribution >= 0.6 is 0 Å². The summed E-state index contributed by atoms with van der Waals surface area (Å²) < 4.78 is 10.2. The van der Waals surface area contributed by atoms with Crippen LogP contribution < -0.4 is 4.74 Å². The monoisotopic (exact) mass is 237 g/mol. The highest BCUT2D eigenvalue weighted by molar-refractivity contribution is 5.84. The number of nitrogens with zero attached hydrogens (tertiary/aromatic N) is 1. The third kappa shape index (κ3) is 2.62. The van der Waals surface area contributed by atoms with Crippen LogP contribution in [0.3, 0.4) is 0 Å². The van der Waals surface area contributed by atoms with Crippen LogP contribution in [-0.4, -0.2) is 30.8 Å². The number of carbonyl (C=O) groups is 1. The third-order valence-corrected chi connectivity index (χ3v) is 2.34. The molecule has 1 heterocycles. The van der Waals surface area contributed by atoms with E-state index in [1.54, 1.807) is 20.1 Å². The highest BCUT2D eigenvalue weighted by Gasteiger charge is 2.14. The molecule has 0 aliphatic rings. The van der Waals surface area contributed by atoms with E-state index in [0.717, 1.165) is 18.8 Å². The van der Waals surface area contributed by atoms with E-state index in [9.17, 15) is 4.79 Å². The number of aldehydes is 1. The summed E-state index contributed by atoms with van der Waals surface area (Å²) >= 11 is 0. The molecule has 5 heteroatoms. The van der Waals surface area contributed by atoms with Crippen molar-refractivity contribution < 1.29 is 19.2 Å². The summed E-state index contributed by atoms with van der Waals surface area (Å²) in [5.41, 5.74) is 1.31. The van der Waals surface area contributed by atoms with Crippen molar-refractivity contribution in [2.24, 2.45) is 0 Å². The Morgan fingerprint density at radius 1 is 1.47 bits per heavy atom. The molecule has 0 fully saturated rings. The predicted octanol–water partition coefficient (Wildman–Crippen LogP) is 1.75. The molecule has 2 rings (SSSR count). The molecule has 1 unspecified atom stereocenters. The minimum absolute atomic E-state index is 0.250. The second-order valence-corrected chi connectivity index (χ2v) is 3.35. The maximum atomic E-state index is 10.7. The van der Waals surface area contributed by atoms with Crippen molar-refractivity contribution in [1.82, 2.24) is 5.16 Å². The lowest BCUT2D eigenvalue weighted by molar-refractivity contribution is -0.108. The van der Waals surface area contributed by atoms with Gasteiger partial charge in [0.1, 0.15) is 17.7 Å². The van der Waals surface area contributed by atoms with E-state index >= 15 is 0 Å². The number of methoxy groups -OCH3 is 1. The van der Waals surface area contributed by atoms with Gasteiger partial charge in [0.05, 0.1) is 13.0 Å². The summed E-state index contributed by atoms with van der Waals surface area (Å²) in [4.78, 5) is 10.7. The third-order valence-electron chi connectivity index (χ3n) is 2.34. The summed E-state index contributed by atoms with van der Waals surface area (Å²) in [5, 5.41) is 11.7. The average molecular weight is 237 g/mol. The van der Waals surface area contributed by atoms with Gasteiger partial charge in [0, 0.05) is 18.6 Å². The van der Waals surface area contributed by atoms with Crippen molar-refractivity contribution in [2.45, 2.75) is 12.8 Å². The van der Waals surface area contributed by atoms with Gasteiger partial charge in [0.25, 0.3) is 0 Å². The Kier molecular flexibility index (Phi) is 4.66. The molecule has 0 spiro atoms. The van der Waals surface area contributed by atoms with Crippen molar-refractivity contribution in [3.05, 3.63) is 23.9 Å². The van der Waals surface area contributed by atoms with E-state index in [1.165, 1.54) is 0 Å². The first-order valence-electron chi connectivity index (χ1n) is 5.09. The molecule has 0 amide bonds. The van der Waals surface area contributed by atoms with Crippen LogP contribution in [0.15, 0.2) is 22.7 Å². The fraction of sp³-hybridized carbons (Fsp3) is 0.333. The smallest absolute Gasteiger partial charge is 0.170 e. The van der Waals surface area contributed by atoms with E-state index in [-0.39, 0.29) is 5.92 Å². The lowest BCUT2D eigenvalue weighted by Crippen LogP contribution is -1.94. The second-order valence-electron chi connectivity index (χ2n) is 3.35. The van der Waals surface area contributed by atoms with E-state index in [0.29, 0.717) is 17.0 Å². The van der Waals surface area contributed by atoms with Gasteiger partial charge in [-0.05, 0) is 19.1 Å². The fourth-order valence-electron chi connectivity index (χ4n) is 1.46. The zero-order valence-corrected chi connectivity index (χ0v) is 10.0. The molecule has 5 nitrogen and oxygen atoms in total. The number of ether oxygens (including phenoxy) is 1. The summed E-state index contributed by atoms with van der Waals surface area (Å²) in [6.07, 6.45) is 0.849. The molecule has 1 aromatic carbocycles. The minimum Gasteiger partial charge on any atom is -0.497 e. The summed E-state index contributed by atoms with van der Waals surface area (Å²) in [6, 6.07) is 5.42. The van der Waals surface area contributed by atoms with Crippen LogP contribution in [0.1, 0.15) is 18.5 Å². The molecule has 0 radical (unpaired) electrons. The molecule has 0 saturated carbocycles. The largest absolute Gasteiger partial charge is 0.497 e. The Morgan fingerprint density at radius 2 is 2.18 bits per heavy atom. The van der Waals surface area contributed by atoms with Crippen LogP contribution in [0.25, 0.3) is 11.0 Å². The predicted molar refractivity (Wildman–Crippen MR) is 63.2 cm³/mol. The Hall–Kier alpha value is -1.88. The Morgan fingerprint density at radius 3 is 2.76 bits per heavy atom. The van der Waals surface area contributed by atoms with Crippen LogP contribution in [0.4, 0.5) is 0 Å². The van der Waals surface area contributed by atoms with Gasteiger partial charge in [-0.2, -0.15) is 0 Å². The number of aliphatic hydroxyl groups is 1. The van der Waals surface area contributed by atoms with Crippen molar-refractivity contribution in [1.29, 1.82) is 0 Å². The normalized spacial score (nSPS) is 11.5.